The van der Waals surface area contributed by atoms with Crippen LogP contribution in [-0.4, -0.2) is 174 Å². The Balaban J connectivity index is 0.000000595. The van der Waals surface area contributed by atoms with Crippen LogP contribution < -0.4 is 0 Å². The number of hydrogen-bond donors (Lipinski definition) is 10. The maximum absolute atomic E-state index is 10.9. The largest absolute Gasteiger partial charge is 0.475 e. The second-order valence-corrected chi connectivity index (χ2v) is 18.1. The zero-order valence-corrected chi connectivity index (χ0v) is 54.8. The summed E-state index contributed by atoms with van der Waals surface area (Å²) in [7, 11) is 0. The monoisotopic (exact) mass is 1500 g/mol. The number of hydrogen-bond acceptors (Lipinski definition) is 32. The number of carbonyl (C=O) groups excluding carboxylic acids is 9. The van der Waals surface area contributed by atoms with Crippen LogP contribution in [0.15, 0.2) is 165 Å². The lowest BCUT2D eigenvalue weighted by atomic mass is 10.4. The SMILES string of the molecule is CC(=O)OCc1ccc(C=O)o1.CCOC(=O)c1ccc(C=O)o1.CCOCc1ccc(C=O)o1.O=C(O)c1ccc(C(=O)O)o1.O=C(O)c1ccc(C(=O)O)o1.O=C(O)c1ccc(C(=O)O)o1.O=Cc1ccc(C(=O)O)o1.O=Cc1ccc(C(=O)O)o1.O=Cc1ccc(C(=O)O)o1.O=Cc1ccc(CO)o1. The molecule has 10 aromatic heterocycles. The number of aromatic carboxylic acids is 9. The van der Waals surface area contributed by atoms with Gasteiger partial charge in [-0.3, -0.25) is 38.4 Å². The van der Waals surface area contributed by atoms with E-state index in [1.165, 1.54) is 67.6 Å². The first-order valence-corrected chi connectivity index (χ1v) is 28.5. The van der Waals surface area contributed by atoms with Crippen LogP contribution in [0.1, 0.15) is 217 Å². The number of rotatable bonds is 24. The van der Waals surface area contributed by atoms with E-state index in [2.05, 4.69) is 36.0 Å². The fourth-order valence-corrected chi connectivity index (χ4v) is 6.01. The van der Waals surface area contributed by atoms with Gasteiger partial charge in [-0.1, -0.05) is 0 Å². The van der Waals surface area contributed by atoms with E-state index in [-0.39, 0.29) is 118 Å². The Morgan fingerprint density at radius 2 is 0.495 bits per heavy atom. The minimum absolute atomic E-state index is 0.0254. The lowest BCUT2D eigenvalue weighted by molar-refractivity contribution is -0.142. The molecule has 0 saturated carbocycles. The molecule has 0 fully saturated rings. The van der Waals surface area contributed by atoms with Crippen molar-refractivity contribution < 1.29 is 196 Å². The number of esters is 2. The van der Waals surface area contributed by atoms with Gasteiger partial charge in [-0.25, -0.2) is 47.9 Å². The van der Waals surface area contributed by atoms with Gasteiger partial charge >= 0.3 is 65.7 Å². The van der Waals surface area contributed by atoms with Crippen LogP contribution >= 0.6 is 0 Å². The van der Waals surface area contributed by atoms with Gasteiger partial charge in [0.2, 0.25) is 57.6 Å². The van der Waals surface area contributed by atoms with Gasteiger partial charge in [0.25, 0.3) is 0 Å². The molecular formula is C66H56O41. The van der Waals surface area contributed by atoms with E-state index < -0.39 is 59.7 Å². The van der Waals surface area contributed by atoms with Crippen LogP contribution in [-0.2, 0) is 38.8 Å². The van der Waals surface area contributed by atoms with Crippen molar-refractivity contribution in [1.82, 2.24) is 0 Å². The Hall–Kier alpha value is -15.4. The number of carboxylic acid groups (broad SMARTS) is 9. The summed E-state index contributed by atoms with van der Waals surface area (Å²) in [4.78, 5) is 183. The number of furan rings is 10. The molecule has 0 amide bonds. The fraction of sp³-hybridized carbons (Fsp3) is 0.121. The molecule has 10 rings (SSSR count). The van der Waals surface area contributed by atoms with E-state index in [1.807, 2.05) is 6.92 Å². The highest BCUT2D eigenvalue weighted by molar-refractivity contribution is 5.92. The Morgan fingerprint density at radius 1 is 0.280 bits per heavy atom. The van der Waals surface area contributed by atoms with Crippen molar-refractivity contribution in [3.8, 4) is 0 Å². The zero-order chi connectivity index (χ0) is 80.7. The van der Waals surface area contributed by atoms with E-state index in [1.54, 1.807) is 31.2 Å². The van der Waals surface area contributed by atoms with Crippen molar-refractivity contribution in [2.45, 2.75) is 40.6 Å². The summed E-state index contributed by atoms with van der Waals surface area (Å²) >= 11 is 0. The summed E-state index contributed by atoms with van der Waals surface area (Å²) in [5, 5.41) is 83.0. The smallest absolute Gasteiger partial charge is 0.374 e. The van der Waals surface area contributed by atoms with Gasteiger partial charge in [0.1, 0.15) is 37.1 Å². The van der Waals surface area contributed by atoms with Gasteiger partial charge in [-0.2, -0.15) is 0 Å². The highest BCUT2D eigenvalue weighted by Gasteiger charge is 2.17. The Morgan fingerprint density at radius 3 is 0.692 bits per heavy atom. The molecular weight excluding hydrogens is 1450 g/mol. The summed E-state index contributed by atoms with van der Waals surface area (Å²) in [5.74, 6) is -12.4. The van der Waals surface area contributed by atoms with Gasteiger partial charge in [-0.05, 0) is 135 Å². The molecule has 10 N–H and O–H groups in total. The van der Waals surface area contributed by atoms with Crippen LogP contribution in [0, 0.1) is 0 Å². The van der Waals surface area contributed by atoms with E-state index >= 15 is 0 Å². The molecule has 0 aliphatic heterocycles. The third-order valence-electron chi connectivity index (χ3n) is 10.6. The topological polar surface area (TPSA) is 669 Å². The molecule has 0 radical (unpaired) electrons. The highest BCUT2D eigenvalue weighted by atomic mass is 16.6. The molecule has 0 spiro atoms. The van der Waals surface area contributed by atoms with Gasteiger partial charge in [0, 0.05) is 13.5 Å². The summed E-state index contributed by atoms with van der Waals surface area (Å²) in [6.45, 7) is 6.20. The molecule has 0 unspecified atom stereocenters. The number of ether oxygens (including phenoxy) is 3. The summed E-state index contributed by atoms with van der Waals surface area (Å²) in [5.41, 5.74) is 0. The number of aldehydes is 7. The average molecular weight is 1510 g/mol. The van der Waals surface area contributed by atoms with Crippen molar-refractivity contribution in [3.63, 3.8) is 0 Å². The first kappa shape index (κ1) is 89.6. The van der Waals surface area contributed by atoms with Gasteiger partial charge in [0.15, 0.2) is 84.3 Å². The van der Waals surface area contributed by atoms with Crippen LogP contribution in [0.5, 0.6) is 0 Å². The molecule has 0 saturated heterocycles. The summed E-state index contributed by atoms with van der Waals surface area (Å²) < 4.78 is 60.7. The molecule has 0 aliphatic rings. The molecule has 41 nitrogen and oxygen atoms in total. The van der Waals surface area contributed by atoms with Gasteiger partial charge < -0.3 is 109 Å². The van der Waals surface area contributed by atoms with Crippen LogP contribution in [0.4, 0.5) is 0 Å². The molecule has 10 aromatic rings. The molecule has 0 atom stereocenters. The van der Waals surface area contributed by atoms with E-state index in [4.69, 9.17) is 73.5 Å². The first-order valence-electron chi connectivity index (χ1n) is 28.5. The predicted octanol–water partition coefficient (Wildman–Crippen LogP) is 9.04. The lowest BCUT2D eigenvalue weighted by Gasteiger charge is -1.96. The molecule has 107 heavy (non-hydrogen) atoms. The quantitative estimate of drug-likeness (QED) is 0.0199. The van der Waals surface area contributed by atoms with Crippen LogP contribution in [0.2, 0.25) is 0 Å². The normalized spacial score (nSPS) is 9.42. The van der Waals surface area contributed by atoms with Crippen molar-refractivity contribution in [2.75, 3.05) is 13.2 Å². The number of carbonyl (C=O) groups is 18. The molecule has 0 bridgehead atoms. The third kappa shape index (κ3) is 35.0. The second kappa shape index (κ2) is 48.4. The van der Waals surface area contributed by atoms with Crippen molar-refractivity contribution >= 4 is 110 Å². The Bertz CT molecular complexity index is 4210. The van der Waals surface area contributed by atoms with Crippen molar-refractivity contribution in [2.24, 2.45) is 0 Å². The predicted molar refractivity (Wildman–Crippen MR) is 340 cm³/mol. The molecule has 10 heterocycles. The third-order valence-corrected chi connectivity index (χ3v) is 10.6. The van der Waals surface area contributed by atoms with E-state index in [0.29, 0.717) is 80.3 Å². The van der Waals surface area contributed by atoms with Gasteiger partial charge in [-0.15, -0.1) is 0 Å². The minimum atomic E-state index is -1.28. The molecule has 0 aliphatic carbocycles. The standard InChI is InChI=1S/2C8H8O4.C8H10O3.3C6H4O5.3C6H4O4.C6H6O3/c1-6(10)11-5-8-3-2-7(4-9)12-8;1-2-11-8(10)7-4-3-6(5-9)12-7;1-2-10-6-8-4-3-7(5-9)11-8;3*7-5(8)3-1-2-4(11-3)6(9)10;3*7-3-4-1-2-5(10-4)6(8)9;7-3-5-1-2-6(4-8)9-5/h2-4H,5H2,1H3;3-5H,2H2,1H3;3-5H,2,6H2,1H3;3*1-2H,(H,7,8)(H,9,10);3*1-3H,(H,8,9);1-3,8H,4H2. The first-order chi connectivity index (χ1) is 50.8. The number of aliphatic hydroxyl groups excluding tert-OH is 1. The van der Waals surface area contributed by atoms with Crippen molar-refractivity contribution in [3.05, 3.63) is 237 Å². The second-order valence-electron chi connectivity index (χ2n) is 18.1. The average Bonchev–Trinajstić information content (AvgIpc) is 1.74. The van der Waals surface area contributed by atoms with E-state index in [9.17, 15) is 86.3 Å². The molecule has 0 aromatic carbocycles. The summed E-state index contributed by atoms with van der Waals surface area (Å²) in [6.07, 6.45) is 3.75. The molecule has 566 valence electrons. The fourth-order valence-electron chi connectivity index (χ4n) is 6.01. The number of carboxylic acids is 9. The Kier molecular flexibility index (Phi) is 40.5. The highest BCUT2D eigenvalue weighted by Crippen LogP contribution is 2.13. The maximum atomic E-state index is 10.9. The van der Waals surface area contributed by atoms with Crippen LogP contribution in [0.3, 0.4) is 0 Å². The minimum Gasteiger partial charge on any atom is -0.475 e. The zero-order valence-electron chi connectivity index (χ0n) is 54.8. The van der Waals surface area contributed by atoms with Crippen LogP contribution in [0.25, 0.3) is 0 Å². The maximum Gasteiger partial charge on any atom is 0.374 e. The van der Waals surface area contributed by atoms with E-state index in [0.717, 1.165) is 36.4 Å². The number of aliphatic hydroxyl groups is 1. The molecule has 41 heteroatoms. The van der Waals surface area contributed by atoms with Crippen molar-refractivity contribution in [1.29, 1.82) is 0 Å². The summed E-state index contributed by atoms with van der Waals surface area (Å²) in [6, 6.07) is 26.5. The lowest BCUT2D eigenvalue weighted by Crippen LogP contribution is -2.02. The van der Waals surface area contributed by atoms with Gasteiger partial charge in [0.05, 0.1) is 6.61 Å². The Labute approximate surface area is 594 Å².